The van der Waals surface area contributed by atoms with Crippen molar-refractivity contribution >= 4 is 22.9 Å². The molecule has 3 heterocycles. The van der Waals surface area contributed by atoms with Gasteiger partial charge in [0.05, 0.1) is 6.54 Å². The van der Waals surface area contributed by atoms with Crippen molar-refractivity contribution in [3.8, 4) is 10.8 Å². The Morgan fingerprint density at radius 3 is 2.96 bits per heavy atom. The van der Waals surface area contributed by atoms with Gasteiger partial charge in [-0.15, -0.1) is 11.3 Å². The fourth-order valence-corrected chi connectivity index (χ4v) is 3.32. The number of aryl methyl sites for hydroxylation is 1. The van der Waals surface area contributed by atoms with E-state index in [2.05, 4.69) is 15.4 Å². The van der Waals surface area contributed by atoms with Crippen LogP contribution in [0, 0.1) is 6.92 Å². The van der Waals surface area contributed by atoms with Crippen LogP contribution in [-0.4, -0.2) is 20.7 Å². The Morgan fingerprint density at radius 1 is 1.27 bits per heavy atom. The quantitative estimate of drug-likeness (QED) is 0.576. The number of benzene rings is 1. The van der Waals surface area contributed by atoms with E-state index in [0.29, 0.717) is 23.0 Å². The zero-order chi connectivity index (χ0) is 17.9. The lowest BCUT2D eigenvalue weighted by atomic mass is 10.2. The lowest BCUT2D eigenvalue weighted by molar-refractivity contribution is 0.102. The molecular weight excluding hydrogens is 348 g/mol. The van der Waals surface area contributed by atoms with E-state index in [-0.39, 0.29) is 5.91 Å². The van der Waals surface area contributed by atoms with Crippen molar-refractivity contribution in [2.75, 3.05) is 5.32 Å². The van der Waals surface area contributed by atoms with E-state index < -0.39 is 0 Å². The molecule has 0 unspecified atom stereocenters. The second-order valence-corrected chi connectivity index (χ2v) is 6.66. The Bertz CT molecular complexity index is 1030. The first-order valence-electron chi connectivity index (χ1n) is 8.07. The number of rotatable bonds is 5. The molecular formula is C19H16N4O2S. The van der Waals surface area contributed by atoms with Gasteiger partial charge in [0, 0.05) is 23.5 Å². The first-order valence-corrected chi connectivity index (χ1v) is 8.95. The predicted octanol–water partition coefficient (Wildman–Crippen LogP) is 4.21. The predicted molar refractivity (Wildman–Crippen MR) is 100 cm³/mol. The molecule has 0 aliphatic heterocycles. The van der Waals surface area contributed by atoms with Crippen LogP contribution in [0.15, 0.2) is 64.7 Å². The van der Waals surface area contributed by atoms with Gasteiger partial charge in [-0.1, -0.05) is 12.1 Å². The number of carbonyl (C=O) groups excluding carboxylic acids is 1. The molecule has 1 N–H and O–H groups in total. The van der Waals surface area contributed by atoms with Gasteiger partial charge in [-0.2, -0.15) is 5.10 Å². The summed E-state index contributed by atoms with van der Waals surface area (Å²) in [6.07, 6.45) is 3.64. The summed E-state index contributed by atoms with van der Waals surface area (Å²) in [5.74, 6) is 1.25. The van der Waals surface area contributed by atoms with Crippen molar-refractivity contribution in [2.45, 2.75) is 13.5 Å². The molecule has 1 amide bonds. The number of nitrogens with one attached hydrogen (secondary N) is 1. The van der Waals surface area contributed by atoms with Gasteiger partial charge < -0.3 is 9.73 Å². The van der Waals surface area contributed by atoms with Gasteiger partial charge in [-0.25, -0.2) is 4.98 Å². The molecule has 130 valence electrons. The van der Waals surface area contributed by atoms with Crippen LogP contribution in [0.1, 0.15) is 21.8 Å². The maximum Gasteiger partial charge on any atom is 0.275 e. The minimum Gasteiger partial charge on any atom is -0.459 e. The summed E-state index contributed by atoms with van der Waals surface area (Å²) in [6, 6.07) is 13.3. The Hall–Kier alpha value is -3.19. The number of aromatic nitrogens is 3. The van der Waals surface area contributed by atoms with Gasteiger partial charge in [0.15, 0.2) is 10.8 Å². The van der Waals surface area contributed by atoms with Crippen molar-refractivity contribution in [1.29, 1.82) is 0 Å². The van der Waals surface area contributed by atoms with E-state index in [0.717, 1.165) is 17.0 Å². The molecule has 0 bridgehead atoms. The molecule has 0 spiro atoms. The molecule has 1 aromatic carbocycles. The standard InChI is InChI=1S/C19H16N4O2S/c1-13-6-7-17(25-13)19-22-16(12-26-19)18(24)21-15-5-2-4-14(10-15)11-23-9-3-8-20-23/h2-10,12H,11H2,1H3,(H,21,24). The van der Waals surface area contributed by atoms with Gasteiger partial charge in [0.25, 0.3) is 5.91 Å². The summed E-state index contributed by atoms with van der Waals surface area (Å²) >= 11 is 1.38. The van der Waals surface area contributed by atoms with Crippen molar-refractivity contribution in [2.24, 2.45) is 0 Å². The summed E-state index contributed by atoms with van der Waals surface area (Å²) in [7, 11) is 0. The highest BCUT2D eigenvalue weighted by molar-refractivity contribution is 7.13. The van der Waals surface area contributed by atoms with Crippen molar-refractivity contribution in [1.82, 2.24) is 14.8 Å². The fourth-order valence-electron chi connectivity index (χ4n) is 2.56. The highest BCUT2D eigenvalue weighted by atomic mass is 32.1. The first-order chi connectivity index (χ1) is 12.7. The Kier molecular flexibility index (Phi) is 4.37. The lowest BCUT2D eigenvalue weighted by Gasteiger charge is -2.07. The largest absolute Gasteiger partial charge is 0.459 e. The number of carbonyl (C=O) groups is 1. The molecule has 0 aliphatic carbocycles. The van der Waals surface area contributed by atoms with E-state index in [4.69, 9.17) is 4.42 Å². The highest BCUT2D eigenvalue weighted by Gasteiger charge is 2.14. The van der Waals surface area contributed by atoms with Gasteiger partial charge in [-0.3, -0.25) is 9.48 Å². The molecule has 7 heteroatoms. The molecule has 26 heavy (non-hydrogen) atoms. The van der Waals surface area contributed by atoms with Crippen LogP contribution < -0.4 is 5.32 Å². The molecule has 0 atom stereocenters. The van der Waals surface area contributed by atoms with Crippen LogP contribution in [0.2, 0.25) is 0 Å². The summed E-state index contributed by atoms with van der Waals surface area (Å²) < 4.78 is 7.39. The van der Waals surface area contributed by atoms with Gasteiger partial charge in [0.2, 0.25) is 0 Å². The summed E-state index contributed by atoms with van der Waals surface area (Å²) in [6.45, 7) is 2.52. The Balaban J connectivity index is 1.47. The zero-order valence-electron chi connectivity index (χ0n) is 14.0. The van der Waals surface area contributed by atoms with Crippen molar-refractivity contribution in [3.05, 3.63) is 77.3 Å². The van der Waals surface area contributed by atoms with Crippen molar-refractivity contribution < 1.29 is 9.21 Å². The number of furan rings is 1. The fraction of sp³-hybridized carbons (Fsp3) is 0.105. The van der Waals surface area contributed by atoms with Crippen LogP contribution in [0.3, 0.4) is 0 Å². The van der Waals surface area contributed by atoms with Gasteiger partial charge >= 0.3 is 0 Å². The SMILES string of the molecule is Cc1ccc(-c2nc(C(=O)Nc3cccc(Cn4cccn4)c3)cs2)o1. The number of thiazole rings is 1. The van der Waals surface area contributed by atoms with Gasteiger partial charge in [-0.05, 0) is 42.8 Å². The highest BCUT2D eigenvalue weighted by Crippen LogP contribution is 2.26. The van der Waals surface area contributed by atoms with E-state index in [9.17, 15) is 4.79 Å². The van der Waals surface area contributed by atoms with Crippen LogP contribution >= 0.6 is 11.3 Å². The topological polar surface area (TPSA) is 73.0 Å². The number of hydrogen-bond acceptors (Lipinski definition) is 5. The number of nitrogens with zero attached hydrogens (tertiary/aromatic N) is 3. The third kappa shape index (κ3) is 3.57. The normalized spacial score (nSPS) is 10.8. The van der Waals surface area contributed by atoms with E-state index in [1.165, 1.54) is 11.3 Å². The third-order valence-corrected chi connectivity index (χ3v) is 4.63. The lowest BCUT2D eigenvalue weighted by Crippen LogP contribution is -2.12. The average molecular weight is 364 g/mol. The van der Waals surface area contributed by atoms with E-state index in [1.54, 1.807) is 11.6 Å². The second-order valence-electron chi connectivity index (χ2n) is 5.81. The summed E-state index contributed by atoms with van der Waals surface area (Å²) in [5, 5.41) is 9.51. The number of amides is 1. The molecule has 0 aliphatic rings. The third-order valence-electron chi connectivity index (χ3n) is 3.78. The Labute approximate surface area is 154 Å². The maximum absolute atomic E-state index is 12.5. The Morgan fingerprint density at radius 2 is 2.19 bits per heavy atom. The molecule has 6 nitrogen and oxygen atoms in total. The maximum atomic E-state index is 12.5. The van der Waals surface area contributed by atoms with E-state index >= 15 is 0 Å². The molecule has 0 saturated carbocycles. The monoisotopic (exact) mass is 364 g/mol. The van der Waals surface area contributed by atoms with E-state index in [1.807, 2.05) is 60.3 Å². The average Bonchev–Trinajstić information content (AvgIpc) is 3.36. The summed E-state index contributed by atoms with van der Waals surface area (Å²) in [5.41, 5.74) is 2.15. The smallest absolute Gasteiger partial charge is 0.275 e. The number of anilines is 1. The second kappa shape index (κ2) is 6.97. The van der Waals surface area contributed by atoms with Crippen LogP contribution in [0.4, 0.5) is 5.69 Å². The minimum absolute atomic E-state index is 0.244. The molecule has 4 rings (SSSR count). The molecule has 0 radical (unpaired) electrons. The van der Waals surface area contributed by atoms with Gasteiger partial charge in [0.1, 0.15) is 11.5 Å². The molecule has 3 aromatic heterocycles. The molecule has 4 aromatic rings. The summed E-state index contributed by atoms with van der Waals surface area (Å²) in [4.78, 5) is 16.8. The first kappa shape index (κ1) is 16.3. The van der Waals surface area contributed by atoms with Crippen LogP contribution in [0.25, 0.3) is 10.8 Å². The minimum atomic E-state index is -0.244. The van der Waals surface area contributed by atoms with Crippen LogP contribution in [-0.2, 0) is 6.54 Å². The van der Waals surface area contributed by atoms with Crippen molar-refractivity contribution in [3.63, 3.8) is 0 Å². The molecule has 0 saturated heterocycles. The zero-order valence-corrected chi connectivity index (χ0v) is 14.9. The van der Waals surface area contributed by atoms with Crippen LogP contribution in [0.5, 0.6) is 0 Å². The molecule has 0 fully saturated rings. The number of hydrogen-bond donors (Lipinski definition) is 1.